The Labute approximate surface area is 330 Å². The van der Waals surface area contributed by atoms with Crippen molar-refractivity contribution in [3.8, 4) is 0 Å². The molecule has 4 aromatic rings. The topological polar surface area (TPSA) is 193 Å². The van der Waals surface area contributed by atoms with Crippen molar-refractivity contribution in [2.45, 2.75) is 103 Å². The molecule has 0 aliphatic heterocycles. The van der Waals surface area contributed by atoms with E-state index in [2.05, 4.69) is 9.97 Å². The fourth-order valence-corrected chi connectivity index (χ4v) is 6.57. The predicted octanol–water partition coefficient (Wildman–Crippen LogP) is 3.66. The molecule has 3 unspecified atom stereocenters. The number of pyridine rings is 2. The lowest BCUT2D eigenvalue weighted by molar-refractivity contribution is -0.162. The summed E-state index contributed by atoms with van der Waals surface area (Å²) < 4.78 is 0. The van der Waals surface area contributed by atoms with Gasteiger partial charge in [0.1, 0.15) is 12.2 Å². The highest BCUT2D eigenvalue weighted by molar-refractivity contribution is 5.99. The molecule has 0 bridgehead atoms. The number of aryl methyl sites for hydroxylation is 2. The third-order valence-corrected chi connectivity index (χ3v) is 10.1. The maximum Gasteiger partial charge on any atom is 0.246 e. The minimum absolute atomic E-state index is 0.0548. The lowest BCUT2D eigenvalue weighted by Crippen LogP contribution is -2.64. The number of rotatable bonds is 19. The van der Waals surface area contributed by atoms with Crippen molar-refractivity contribution < 1.29 is 29.4 Å². The molecule has 12 heteroatoms. The predicted molar refractivity (Wildman–Crippen MR) is 214 cm³/mol. The third kappa shape index (κ3) is 11.9. The van der Waals surface area contributed by atoms with Gasteiger partial charge in [-0.15, -0.1) is 0 Å². The number of benzene rings is 2. The van der Waals surface area contributed by atoms with Gasteiger partial charge in [-0.2, -0.15) is 0 Å². The standard InChI is InChI=1S/C44H56N6O6/c1-29(2)39(45)43(55)49(37(51)21-19-33-17-11-23-47-27-33)35(25-31-13-7-5-8-14-31)41(53)42(54)36(26-32-15-9-6-10-16-32)50(44(56)40(46)30(3)4)38(52)22-20-34-18-12-24-48-28-34/h5-18,23-24,27-30,35-36,39-42,53-54H,19-22,25-26,45-46H2,1-4H3/t35-,36?,39-,40-,41?,42?/m0/s1. The Hall–Kier alpha value is -5.14. The van der Waals surface area contributed by atoms with E-state index in [1.54, 1.807) is 113 Å². The SMILES string of the molecule is CC(C)[C@H](N)C(=O)N(C(=O)CCc1cccnc1)C(Cc1ccccc1)C(O)C(O)[C@H](Cc1ccccc1)N(C(=O)CCc1cccnc1)C(=O)[C@@H](N)C(C)C. The molecule has 0 radical (unpaired) electrons. The summed E-state index contributed by atoms with van der Waals surface area (Å²) in [7, 11) is 0. The first-order chi connectivity index (χ1) is 26.8. The number of aromatic nitrogens is 2. The smallest absolute Gasteiger partial charge is 0.246 e. The zero-order chi connectivity index (χ0) is 40.8. The van der Waals surface area contributed by atoms with Crippen molar-refractivity contribution >= 4 is 23.6 Å². The van der Waals surface area contributed by atoms with Gasteiger partial charge in [0.05, 0.1) is 24.2 Å². The van der Waals surface area contributed by atoms with Crippen LogP contribution in [0, 0.1) is 11.8 Å². The summed E-state index contributed by atoms with van der Waals surface area (Å²) in [5.74, 6) is -3.39. The number of aliphatic hydroxyl groups excluding tert-OH is 2. The summed E-state index contributed by atoms with van der Waals surface area (Å²) in [6.45, 7) is 7.03. The van der Waals surface area contributed by atoms with Crippen molar-refractivity contribution in [3.63, 3.8) is 0 Å². The maximum atomic E-state index is 14.3. The largest absolute Gasteiger partial charge is 0.388 e. The summed E-state index contributed by atoms with van der Waals surface area (Å²) in [6.07, 6.45) is 2.94. The van der Waals surface area contributed by atoms with Crippen LogP contribution >= 0.6 is 0 Å². The van der Waals surface area contributed by atoms with Gasteiger partial charge in [0.15, 0.2) is 0 Å². The van der Waals surface area contributed by atoms with Crippen molar-refractivity contribution in [1.29, 1.82) is 0 Å². The van der Waals surface area contributed by atoms with Crippen LogP contribution < -0.4 is 11.5 Å². The van der Waals surface area contributed by atoms with Gasteiger partial charge >= 0.3 is 0 Å². The highest BCUT2D eigenvalue weighted by Crippen LogP contribution is 2.26. The second-order valence-electron chi connectivity index (χ2n) is 15.0. The molecule has 0 aliphatic rings. The summed E-state index contributed by atoms with van der Waals surface area (Å²) in [6, 6.07) is 20.1. The van der Waals surface area contributed by atoms with Gasteiger partial charge in [0.25, 0.3) is 0 Å². The third-order valence-electron chi connectivity index (χ3n) is 10.1. The Morgan fingerprint density at radius 3 is 1.20 bits per heavy atom. The molecule has 0 aliphatic carbocycles. The highest BCUT2D eigenvalue weighted by Gasteiger charge is 2.45. The Bertz CT molecular complexity index is 1700. The van der Waals surface area contributed by atoms with Gasteiger partial charge in [-0.3, -0.25) is 38.9 Å². The van der Waals surface area contributed by atoms with E-state index >= 15 is 0 Å². The Morgan fingerprint density at radius 2 is 0.893 bits per heavy atom. The zero-order valence-electron chi connectivity index (χ0n) is 32.7. The van der Waals surface area contributed by atoms with Crippen LogP contribution in [0.2, 0.25) is 0 Å². The summed E-state index contributed by atoms with van der Waals surface area (Å²) in [5, 5.41) is 25.0. The van der Waals surface area contributed by atoms with Gasteiger partial charge < -0.3 is 21.7 Å². The Morgan fingerprint density at radius 1 is 0.554 bits per heavy atom. The Kier molecular flexibility index (Phi) is 16.5. The van der Waals surface area contributed by atoms with E-state index in [1.165, 1.54) is 0 Å². The molecular weight excluding hydrogens is 709 g/mol. The highest BCUT2D eigenvalue weighted by atomic mass is 16.3. The zero-order valence-corrected chi connectivity index (χ0v) is 32.7. The van der Waals surface area contributed by atoms with Gasteiger partial charge in [-0.1, -0.05) is 100 Å². The molecule has 2 heterocycles. The molecule has 6 N–H and O–H groups in total. The maximum absolute atomic E-state index is 14.3. The fraction of sp³-hybridized carbons (Fsp3) is 0.409. The molecule has 4 rings (SSSR count). The van der Waals surface area contributed by atoms with Crippen LogP contribution in [0.4, 0.5) is 0 Å². The van der Waals surface area contributed by atoms with E-state index < -0.39 is 60.0 Å². The Balaban J connectivity index is 1.84. The lowest BCUT2D eigenvalue weighted by Gasteiger charge is -2.42. The molecule has 0 fully saturated rings. The van der Waals surface area contributed by atoms with E-state index in [1.807, 2.05) is 24.3 Å². The number of carbonyl (C=O) groups excluding carboxylic acids is 4. The molecule has 56 heavy (non-hydrogen) atoms. The van der Waals surface area contributed by atoms with E-state index in [9.17, 15) is 29.4 Å². The van der Waals surface area contributed by atoms with Gasteiger partial charge in [-0.25, -0.2) is 0 Å². The first kappa shape index (κ1) is 43.6. The van der Waals surface area contributed by atoms with Crippen molar-refractivity contribution in [1.82, 2.24) is 19.8 Å². The van der Waals surface area contributed by atoms with Crippen LogP contribution in [0.5, 0.6) is 0 Å². The lowest BCUT2D eigenvalue weighted by atomic mass is 9.87. The van der Waals surface area contributed by atoms with Crippen molar-refractivity contribution in [2.24, 2.45) is 23.3 Å². The number of imide groups is 2. The quantitative estimate of drug-likeness (QED) is 0.110. The summed E-state index contributed by atoms with van der Waals surface area (Å²) >= 11 is 0. The van der Waals surface area contributed by atoms with Crippen LogP contribution in [-0.2, 0) is 44.9 Å². The fourth-order valence-electron chi connectivity index (χ4n) is 6.57. The van der Waals surface area contributed by atoms with Gasteiger partial charge in [-0.05, 0) is 71.9 Å². The normalized spacial score (nSPS) is 14.7. The molecule has 12 nitrogen and oxygen atoms in total. The van der Waals surface area contributed by atoms with E-state index in [0.717, 1.165) is 20.9 Å². The van der Waals surface area contributed by atoms with Crippen molar-refractivity contribution in [3.05, 3.63) is 132 Å². The average Bonchev–Trinajstić information content (AvgIpc) is 3.21. The molecule has 6 atom stereocenters. The monoisotopic (exact) mass is 764 g/mol. The second-order valence-corrected chi connectivity index (χ2v) is 15.0. The summed E-state index contributed by atoms with van der Waals surface area (Å²) in [4.78, 5) is 67.6. The van der Waals surface area contributed by atoms with E-state index in [0.29, 0.717) is 11.1 Å². The van der Waals surface area contributed by atoms with E-state index in [4.69, 9.17) is 11.5 Å². The number of nitrogens with two attached hydrogens (primary N) is 2. The number of nitrogens with zero attached hydrogens (tertiary/aromatic N) is 4. The molecule has 298 valence electrons. The van der Waals surface area contributed by atoms with Crippen LogP contribution in [0.25, 0.3) is 0 Å². The van der Waals surface area contributed by atoms with Crippen LogP contribution in [0.15, 0.2) is 110 Å². The molecular formula is C44H56N6O6. The van der Waals surface area contributed by atoms with Gasteiger partial charge in [0, 0.05) is 37.6 Å². The van der Waals surface area contributed by atoms with Crippen LogP contribution in [0.3, 0.4) is 0 Å². The second kappa shape index (κ2) is 21.2. The number of hydrogen-bond acceptors (Lipinski definition) is 10. The minimum Gasteiger partial charge on any atom is -0.388 e. The molecule has 2 aromatic heterocycles. The van der Waals surface area contributed by atoms with E-state index in [-0.39, 0.29) is 50.4 Å². The average molecular weight is 765 g/mol. The number of amides is 4. The number of hydrogen-bond donors (Lipinski definition) is 4. The first-order valence-corrected chi connectivity index (χ1v) is 19.2. The van der Waals surface area contributed by atoms with Crippen LogP contribution in [0.1, 0.15) is 62.8 Å². The number of aliphatic hydroxyl groups is 2. The molecule has 4 amide bonds. The molecule has 0 spiro atoms. The molecule has 2 aromatic carbocycles. The number of carbonyl (C=O) groups is 4. The van der Waals surface area contributed by atoms with Crippen molar-refractivity contribution in [2.75, 3.05) is 0 Å². The first-order valence-electron chi connectivity index (χ1n) is 19.2. The van der Waals surface area contributed by atoms with Gasteiger partial charge in [0.2, 0.25) is 23.6 Å². The minimum atomic E-state index is -1.86. The summed E-state index contributed by atoms with van der Waals surface area (Å²) in [5.41, 5.74) is 15.7. The van der Waals surface area contributed by atoms with Crippen LogP contribution in [-0.4, -0.2) is 90.0 Å². The molecule has 0 saturated carbocycles. The molecule has 0 saturated heterocycles.